The summed E-state index contributed by atoms with van der Waals surface area (Å²) in [7, 11) is -1.98. The fourth-order valence-electron chi connectivity index (χ4n) is 2.40. The molecule has 150 valence electrons. The molecule has 0 amide bonds. The van der Waals surface area contributed by atoms with Gasteiger partial charge in [0.1, 0.15) is 11.4 Å². The second kappa shape index (κ2) is 8.81. The van der Waals surface area contributed by atoms with Gasteiger partial charge in [-0.2, -0.15) is 0 Å². The molecule has 0 N–H and O–H groups in total. The number of carbonyl (C=O) groups is 2. The zero-order valence-corrected chi connectivity index (χ0v) is 17.6. The number of benzene rings is 2. The van der Waals surface area contributed by atoms with Crippen LogP contribution in [0.5, 0.6) is 0 Å². The molecule has 10 heteroatoms. The zero-order valence-electron chi connectivity index (χ0n) is 15.2. The van der Waals surface area contributed by atoms with E-state index in [9.17, 15) is 18.0 Å². The van der Waals surface area contributed by atoms with E-state index in [0.29, 0.717) is 5.56 Å². The molecule has 0 saturated heterocycles. The van der Waals surface area contributed by atoms with E-state index in [0.717, 1.165) is 11.4 Å². The van der Waals surface area contributed by atoms with Crippen molar-refractivity contribution in [2.24, 2.45) is 0 Å². The number of aryl methyl sites for hydroxylation is 1. The van der Waals surface area contributed by atoms with Gasteiger partial charge >= 0.3 is 11.9 Å². The van der Waals surface area contributed by atoms with Crippen LogP contribution in [-0.2, 0) is 24.3 Å². The van der Waals surface area contributed by atoms with Gasteiger partial charge in [-0.25, -0.2) is 13.2 Å². The van der Waals surface area contributed by atoms with Crippen molar-refractivity contribution >= 4 is 50.9 Å². The third kappa shape index (κ3) is 4.57. The van der Waals surface area contributed by atoms with Crippen LogP contribution in [0.4, 0.5) is 5.69 Å². The maximum absolute atomic E-state index is 13.3. The number of nitrogens with zero attached hydrogens (tertiary/aromatic N) is 1. The van der Waals surface area contributed by atoms with Gasteiger partial charge in [-0.1, -0.05) is 29.3 Å². The van der Waals surface area contributed by atoms with Crippen molar-refractivity contribution in [1.82, 2.24) is 0 Å². The Labute approximate surface area is 172 Å². The van der Waals surface area contributed by atoms with Gasteiger partial charge in [-0.15, -0.1) is 0 Å². The van der Waals surface area contributed by atoms with Gasteiger partial charge in [0.15, 0.2) is 0 Å². The number of rotatable bonds is 6. The van der Waals surface area contributed by atoms with Crippen molar-refractivity contribution in [3.63, 3.8) is 0 Å². The summed E-state index contributed by atoms with van der Waals surface area (Å²) in [6, 6.07) is 8.31. The maximum atomic E-state index is 13.3. The molecule has 28 heavy (non-hydrogen) atoms. The SMILES string of the molecule is COC(=O)CN(c1cc(C(=O)OC)ccc1C)S(=O)(=O)c1cc(Cl)ccc1Cl. The lowest BCUT2D eigenvalue weighted by atomic mass is 10.1. The van der Waals surface area contributed by atoms with Crippen molar-refractivity contribution in [2.75, 3.05) is 25.1 Å². The molecule has 2 rings (SSSR count). The largest absolute Gasteiger partial charge is 0.468 e. The van der Waals surface area contributed by atoms with E-state index in [1.165, 1.54) is 37.4 Å². The zero-order chi connectivity index (χ0) is 21.1. The first kappa shape index (κ1) is 22.0. The van der Waals surface area contributed by atoms with Crippen LogP contribution in [-0.4, -0.2) is 41.1 Å². The lowest BCUT2D eigenvalue weighted by Crippen LogP contribution is -2.37. The first-order valence-corrected chi connectivity index (χ1v) is 10.0. The molecular formula is C18H17Cl2NO6S. The highest BCUT2D eigenvalue weighted by Gasteiger charge is 2.31. The minimum absolute atomic E-state index is 0.0685. The number of hydrogen-bond acceptors (Lipinski definition) is 6. The van der Waals surface area contributed by atoms with E-state index >= 15 is 0 Å². The Hall–Kier alpha value is -2.29. The van der Waals surface area contributed by atoms with Crippen LogP contribution in [0.1, 0.15) is 15.9 Å². The molecule has 7 nitrogen and oxygen atoms in total. The predicted octanol–water partition coefficient (Wildman–Crippen LogP) is 3.46. The summed E-state index contributed by atoms with van der Waals surface area (Å²) in [5, 5.41) is 0.0852. The van der Waals surface area contributed by atoms with Gasteiger partial charge in [0.25, 0.3) is 10.0 Å². The highest BCUT2D eigenvalue weighted by atomic mass is 35.5. The summed E-state index contributed by atoms with van der Waals surface area (Å²) < 4.78 is 36.8. The second-order valence-electron chi connectivity index (χ2n) is 5.66. The quantitative estimate of drug-likeness (QED) is 0.632. The number of carbonyl (C=O) groups excluding carboxylic acids is 2. The smallest absolute Gasteiger partial charge is 0.337 e. The van der Waals surface area contributed by atoms with Gasteiger partial charge in [-0.3, -0.25) is 9.10 Å². The Bertz CT molecular complexity index is 1020. The van der Waals surface area contributed by atoms with Gasteiger partial charge in [-0.05, 0) is 42.8 Å². The maximum Gasteiger partial charge on any atom is 0.337 e. The molecule has 0 fully saturated rings. The Morgan fingerprint density at radius 2 is 1.71 bits per heavy atom. The average Bonchev–Trinajstić information content (AvgIpc) is 2.67. The molecule has 0 aliphatic heterocycles. The Morgan fingerprint density at radius 1 is 1.04 bits per heavy atom. The number of esters is 2. The molecule has 0 atom stereocenters. The number of ether oxygens (including phenoxy) is 2. The molecule has 2 aromatic rings. The number of anilines is 1. The Kier molecular flexibility index (Phi) is 6.92. The Balaban J connectivity index is 2.71. The van der Waals surface area contributed by atoms with E-state index in [1.54, 1.807) is 13.0 Å². The van der Waals surface area contributed by atoms with E-state index in [1.807, 2.05) is 0 Å². The van der Waals surface area contributed by atoms with E-state index < -0.39 is 28.5 Å². The Morgan fingerprint density at radius 3 is 2.32 bits per heavy atom. The summed E-state index contributed by atoms with van der Waals surface area (Å²) >= 11 is 12.0. The van der Waals surface area contributed by atoms with Crippen molar-refractivity contribution in [2.45, 2.75) is 11.8 Å². The van der Waals surface area contributed by atoms with Gasteiger partial charge in [0.2, 0.25) is 0 Å². The average molecular weight is 446 g/mol. The van der Waals surface area contributed by atoms with E-state index in [2.05, 4.69) is 9.47 Å². The third-order valence-electron chi connectivity index (χ3n) is 3.86. The number of sulfonamides is 1. The first-order chi connectivity index (χ1) is 13.1. The summed E-state index contributed by atoms with van der Waals surface area (Å²) in [5.41, 5.74) is 0.716. The fraction of sp³-hybridized carbons (Fsp3) is 0.222. The highest BCUT2D eigenvalue weighted by Crippen LogP contribution is 2.32. The van der Waals surface area contributed by atoms with E-state index in [-0.39, 0.29) is 26.2 Å². The van der Waals surface area contributed by atoms with Crippen LogP contribution < -0.4 is 4.31 Å². The van der Waals surface area contributed by atoms with Gasteiger partial charge in [0.05, 0.1) is 30.5 Å². The number of methoxy groups -OCH3 is 2. The molecule has 0 spiro atoms. The van der Waals surface area contributed by atoms with Crippen LogP contribution in [0.2, 0.25) is 10.0 Å². The number of halogens is 2. The standard InChI is InChI=1S/C18H17Cl2NO6S/c1-11-4-5-12(18(23)27-3)8-15(11)21(10-17(22)26-2)28(24,25)16-9-13(19)6-7-14(16)20/h4-9H,10H2,1-3H3. The lowest BCUT2D eigenvalue weighted by molar-refractivity contribution is -0.138. The molecular weight excluding hydrogens is 429 g/mol. The molecule has 0 saturated carbocycles. The van der Waals surface area contributed by atoms with Crippen LogP contribution in [0, 0.1) is 6.92 Å². The molecule has 0 unspecified atom stereocenters. The molecule has 2 aromatic carbocycles. The summed E-state index contributed by atoms with van der Waals surface area (Å²) in [4.78, 5) is 23.5. The monoisotopic (exact) mass is 445 g/mol. The van der Waals surface area contributed by atoms with Gasteiger partial charge < -0.3 is 9.47 Å². The van der Waals surface area contributed by atoms with Crippen molar-refractivity contribution in [3.8, 4) is 0 Å². The first-order valence-electron chi connectivity index (χ1n) is 7.85. The molecule has 0 heterocycles. The molecule has 0 aliphatic carbocycles. The molecule has 0 radical (unpaired) electrons. The lowest BCUT2D eigenvalue weighted by Gasteiger charge is -2.26. The predicted molar refractivity (Wildman–Crippen MR) is 106 cm³/mol. The third-order valence-corrected chi connectivity index (χ3v) is 6.34. The fourth-order valence-corrected chi connectivity index (χ4v) is 4.60. The summed E-state index contributed by atoms with van der Waals surface area (Å²) in [5.74, 6) is -1.46. The van der Waals surface area contributed by atoms with Crippen LogP contribution in [0.3, 0.4) is 0 Å². The highest BCUT2D eigenvalue weighted by molar-refractivity contribution is 7.93. The summed E-state index contributed by atoms with van der Waals surface area (Å²) in [6.07, 6.45) is 0. The second-order valence-corrected chi connectivity index (χ2v) is 8.33. The number of hydrogen-bond donors (Lipinski definition) is 0. The van der Waals surface area contributed by atoms with E-state index in [4.69, 9.17) is 23.2 Å². The minimum Gasteiger partial charge on any atom is -0.468 e. The minimum atomic E-state index is -4.32. The van der Waals surface area contributed by atoms with Crippen molar-refractivity contribution in [3.05, 3.63) is 57.6 Å². The summed E-state index contributed by atoms with van der Waals surface area (Å²) in [6.45, 7) is 1.00. The van der Waals surface area contributed by atoms with Gasteiger partial charge in [0, 0.05) is 5.02 Å². The van der Waals surface area contributed by atoms with Crippen molar-refractivity contribution in [1.29, 1.82) is 0 Å². The van der Waals surface area contributed by atoms with Crippen LogP contribution >= 0.6 is 23.2 Å². The van der Waals surface area contributed by atoms with Crippen LogP contribution in [0.25, 0.3) is 0 Å². The topological polar surface area (TPSA) is 90.0 Å². The molecule has 0 aliphatic rings. The molecule has 0 aromatic heterocycles. The molecule has 0 bridgehead atoms. The normalized spacial score (nSPS) is 11.0. The van der Waals surface area contributed by atoms with Crippen LogP contribution in [0.15, 0.2) is 41.3 Å². The van der Waals surface area contributed by atoms with Crippen molar-refractivity contribution < 1.29 is 27.5 Å².